The van der Waals surface area contributed by atoms with Crippen LogP contribution >= 0.6 is 47.2 Å². The van der Waals surface area contributed by atoms with Gasteiger partial charge in [0.15, 0.2) is 4.32 Å². The van der Waals surface area contributed by atoms with Gasteiger partial charge in [-0.25, -0.2) is 0 Å². The molecule has 8 heteroatoms. The summed E-state index contributed by atoms with van der Waals surface area (Å²) in [7, 11) is 0. The van der Waals surface area contributed by atoms with Crippen LogP contribution in [0.5, 0.6) is 0 Å². The quantitative estimate of drug-likeness (QED) is 0.295. The number of carbonyl (C=O) groups is 1. The number of benzene rings is 2. The fraction of sp³-hybridized carbons (Fsp3) is 0.190. The molecular weight excluding hydrogens is 445 g/mol. The number of amides is 1. The number of thiocarbonyl (C=S) groups is 1. The summed E-state index contributed by atoms with van der Waals surface area (Å²) in [5.41, 5.74) is 2.63. The molecule has 0 N–H and O–H groups in total. The summed E-state index contributed by atoms with van der Waals surface area (Å²) in [5.74, 6) is -0.271. The molecule has 0 aromatic heterocycles. The maximum atomic E-state index is 12.7. The number of rotatable bonds is 6. The van der Waals surface area contributed by atoms with E-state index in [-0.39, 0.29) is 5.91 Å². The summed E-state index contributed by atoms with van der Waals surface area (Å²) < 4.78 is 0.362. The van der Waals surface area contributed by atoms with Gasteiger partial charge in [0.1, 0.15) is 0 Å². The lowest BCUT2D eigenvalue weighted by molar-refractivity contribution is -0.122. The highest BCUT2D eigenvalue weighted by molar-refractivity contribution is 8.26. The number of hydrogen-bond donors (Lipinski definition) is 0. The van der Waals surface area contributed by atoms with E-state index in [9.17, 15) is 4.79 Å². The van der Waals surface area contributed by atoms with Crippen LogP contribution in [0.15, 0.2) is 52.5 Å². The van der Waals surface area contributed by atoms with E-state index in [1.165, 1.54) is 23.0 Å². The zero-order valence-electron chi connectivity index (χ0n) is 15.9. The predicted molar refractivity (Wildman–Crippen MR) is 129 cm³/mol. The topological polar surface area (TPSA) is 35.9 Å². The van der Waals surface area contributed by atoms with E-state index in [4.69, 9.17) is 35.4 Å². The molecule has 0 bridgehead atoms. The monoisotopic (exact) mass is 463 g/mol. The van der Waals surface area contributed by atoms with Crippen LogP contribution < -0.4 is 4.90 Å². The highest BCUT2D eigenvalue weighted by Gasteiger charge is 2.32. The molecule has 29 heavy (non-hydrogen) atoms. The molecule has 2 aromatic rings. The van der Waals surface area contributed by atoms with Gasteiger partial charge in [-0.15, -0.1) is 0 Å². The van der Waals surface area contributed by atoms with Gasteiger partial charge in [-0.1, -0.05) is 53.2 Å². The lowest BCUT2D eigenvalue weighted by Crippen LogP contribution is -2.22. The molecule has 2 aromatic carbocycles. The van der Waals surface area contributed by atoms with Crippen LogP contribution in [0.4, 0.5) is 5.69 Å². The maximum Gasteiger partial charge on any atom is 0.286 e. The van der Waals surface area contributed by atoms with Crippen LogP contribution in [-0.4, -0.2) is 34.5 Å². The van der Waals surface area contributed by atoms with Crippen molar-refractivity contribution in [1.82, 2.24) is 5.01 Å². The van der Waals surface area contributed by atoms with Gasteiger partial charge in [0.05, 0.1) is 21.2 Å². The summed E-state index contributed by atoms with van der Waals surface area (Å²) in [6, 6.07) is 13.3. The molecule has 150 valence electrons. The minimum Gasteiger partial charge on any atom is -0.372 e. The van der Waals surface area contributed by atoms with Crippen molar-refractivity contribution in [3.8, 4) is 0 Å². The first-order chi connectivity index (χ1) is 13.9. The van der Waals surface area contributed by atoms with Gasteiger partial charge in [0.2, 0.25) is 0 Å². The molecule has 1 aliphatic rings. The Morgan fingerprint density at radius 2 is 1.72 bits per heavy atom. The Morgan fingerprint density at radius 1 is 1.10 bits per heavy atom. The summed E-state index contributed by atoms with van der Waals surface area (Å²) in [4.78, 5) is 15.5. The molecule has 0 saturated carbocycles. The molecule has 1 fully saturated rings. The molecule has 0 spiro atoms. The standard InChI is InChI=1S/C21H19Cl2N3OS2/c1-3-25(4-2)15-10-8-14(9-11-15)12-19-20(27)26(21(28)29-19)24-13-16-17(22)6-5-7-18(16)23/h5-13H,3-4H2,1-2H3/b19-12+,24-13+. The number of carbonyl (C=O) groups excluding carboxylic acids is 1. The Hall–Kier alpha value is -1.86. The highest BCUT2D eigenvalue weighted by atomic mass is 35.5. The molecular formula is C21H19Cl2N3OS2. The van der Waals surface area contributed by atoms with Gasteiger partial charge < -0.3 is 4.90 Å². The van der Waals surface area contributed by atoms with E-state index in [0.29, 0.717) is 24.8 Å². The van der Waals surface area contributed by atoms with Gasteiger partial charge >= 0.3 is 0 Å². The van der Waals surface area contributed by atoms with E-state index in [0.717, 1.165) is 24.3 Å². The van der Waals surface area contributed by atoms with Crippen molar-refractivity contribution >= 4 is 75.4 Å². The van der Waals surface area contributed by atoms with Gasteiger partial charge in [-0.3, -0.25) is 4.79 Å². The van der Waals surface area contributed by atoms with Crippen LogP contribution in [0.2, 0.25) is 10.0 Å². The second kappa shape index (κ2) is 9.76. The average Bonchev–Trinajstić information content (AvgIpc) is 2.97. The van der Waals surface area contributed by atoms with Gasteiger partial charge in [0, 0.05) is 24.3 Å². The number of thioether (sulfide) groups is 1. The van der Waals surface area contributed by atoms with Crippen LogP contribution in [-0.2, 0) is 4.79 Å². The van der Waals surface area contributed by atoms with Gasteiger partial charge in [0.25, 0.3) is 5.91 Å². The summed E-state index contributed by atoms with van der Waals surface area (Å²) in [6.45, 7) is 6.14. The fourth-order valence-corrected chi connectivity index (χ4v) is 4.50. The summed E-state index contributed by atoms with van der Waals surface area (Å²) in [6.07, 6.45) is 3.28. The van der Waals surface area contributed by atoms with Crippen LogP contribution in [0, 0.1) is 0 Å². The number of halogens is 2. The van der Waals surface area contributed by atoms with Crippen molar-refractivity contribution in [2.24, 2.45) is 5.10 Å². The number of nitrogens with zero attached hydrogens (tertiary/aromatic N) is 3. The lowest BCUT2D eigenvalue weighted by Gasteiger charge is -2.20. The third-order valence-electron chi connectivity index (χ3n) is 4.39. The minimum absolute atomic E-state index is 0.271. The number of anilines is 1. The van der Waals surface area contributed by atoms with Crippen molar-refractivity contribution < 1.29 is 4.79 Å². The van der Waals surface area contributed by atoms with Crippen molar-refractivity contribution in [1.29, 1.82) is 0 Å². The minimum atomic E-state index is -0.271. The van der Waals surface area contributed by atoms with E-state index in [1.807, 2.05) is 18.2 Å². The Bertz CT molecular complexity index is 966. The molecule has 1 aliphatic heterocycles. The van der Waals surface area contributed by atoms with Crippen molar-refractivity contribution in [2.75, 3.05) is 18.0 Å². The largest absolute Gasteiger partial charge is 0.372 e. The SMILES string of the molecule is CCN(CC)c1ccc(/C=C2/SC(=S)N(/N=C/c3c(Cl)cccc3Cl)C2=O)cc1. The Morgan fingerprint density at radius 3 is 2.31 bits per heavy atom. The highest BCUT2D eigenvalue weighted by Crippen LogP contribution is 2.33. The van der Waals surface area contributed by atoms with E-state index in [2.05, 4.69) is 36.0 Å². The summed E-state index contributed by atoms with van der Waals surface area (Å²) >= 11 is 18.8. The first kappa shape index (κ1) is 21.8. The second-order valence-electron chi connectivity index (χ2n) is 6.14. The maximum absolute atomic E-state index is 12.7. The van der Waals surface area contributed by atoms with E-state index in [1.54, 1.807) is 18.2 Å². The van der Waals surface area contributed by atoms with Crippen molar-refractivity contribution in [3.05, 3.63) is 68.5 Å². The molecule has 0 atom stereocenters. The molecule has 0 unspecified atom stereocenters. The average molecular weight is 464 g/mol. The van der Waals surface area contributed by atoms with E-state index >= 15 is 0 Å². The molecule has 1 saturated heterocycles. The number of hydrazone groups is 1. The fourth-order valence-electron chi connectivity index (χ4n) is 2.83. The third-order valence-corrected chi connectivity index (χ3v) is 6.34. The first-order valence-corrected chi connectivity index (χ1v) is 11.0. The molecule has 0 aliphatic carbocycles. The van der Waals surface area contributed by atoms with E-state index < -0.39 is 0 Å². The van der Waals surface area contributed by atoms with Crippen molar-refractivity contribution in [2.45, 2.75) is 13.8 Å². The Labute approximate surface area is 190 Å². The van der Waals surface area contributed by atoms with Gasteiger partial charge in [-0.05, 0) is 62.0 Å². The Kier molecular flexibility index (Phi) is 7.35. The third kappa shape index (κ3) is 5.01. The zero-order valence-corrected chi connectivity index (χ0v) is 19.1. The Balaban J connectivity index is 1.79. The summed E-state index contributed by atoms with van der Waals surface area (Å²) in [5, 5.41) is 6.31. The van der Waals surface area contributed by atoms with Crippen molar-refractivity contribution in [3.63, 3.8) is 0 Å². The van der Waals surface area contributed by atoms with Crippen LogP contribution in [0.1, 0.15) is 25.0 Å². The lowest BCUT2D eigenvalue weighted by atomic mass is 10.1. The zero-order chi connectivity index (χ0) is 21.0. The normalized spacial score (nSPS) is 15.7. The number of hydrogen-bond acceptors (Lipinski definition) is 5. The smallest absolute Gasteiger partial charge is 0.286 e. The molecule has 0 radical (unpaired) electrons. The molecule has 3 rings (SSSR count). The van der Waals surface area contributed by atoms with Gasteiger partial charge in [-0.2, -0.15) is 10.1 Å². The predicted octanol–water partition coefficient (Wildman–Crippen LogP) is 6.07. The molecule has 1 amide bonds. The molecule has 4 nitrogen and oxygen atoms in total. The van der Waals surface area contributed by atoms with Crippen LogP contribution in [0.3, 0.4) is 0 Å². The second-order valence-corrected chi connectivity index (χ2v) is 8.63. The first-order valence-electron chi connectivity index (χ1n) is 9.05. The van der Waals surface area contributed by atoms with Crippen LogP contribution in [0.25, 0.3) is 6.08 Å². The molecule has 1 heterocycles.